The number of alkyl halides is 3. The summed E-state index contributed by atoms with van der Waals surface area (Å²) < 4.78 is 41.5. The van der Waals surface area contributed by atoms with Crippen LogP contribution in [-0.2, 0) is 11.3 Å². The molecule has 0 bridgehead atoms. The second-order valence-electron chi connectivity index (χ2n) is 6.50. The molecule has 3 rings (SSSR count). The van der Waals surface area contributed by atoms with Crippen molar-refractivity contribution < 1.29 is 27.8 Å². The molecule has 0 aliphatic carbocycles. The summed E-state index contributed by atoms with van der Waals surface area (Å²) in [4.78, 5) is 29.1. The fourth-order valence-electron chi connectivity index (χ4n) is 2.88. The van der Waals surface area contributed by atoms with Crippen molar-refractivity contribution in [1.82, 2.24) is 14.9 Å². The number of rotatable bonds is 6. The molecule has 30 heavy (non-hydrogen) atoms. The predicted molar refractivity (Wildman–Crippen MR) is 102 cm³/mol. The lowest BCUT2D eigenvalue weighted by molar-refractivity contribution is -0.274. The Bertz CT molecular complexity index is 1110. The maximum absolute atomic E-state index is 12.6. The monoisotopic (exact) mass is 421 g/mol. The highest BCUT2D eigenvalue weighted by Gasteiger charge is 2.31. The molecule has 0 saturated heterocycles. The molecule has 1 heterocycles. The van der Waals surface area contributed by atoms with E-state index in [9.17, 15) is 27.9 Å². The van der Waals surface area contributed by atoms with Crippen LogP contribution < -0.4 is 15.6 Å². The van der Waals surface area contributed by atoms with Crippen LogP contribution in [0.3, 0.4) is 0 Å². The lowest BCUT2D eigenvalue weighted by atomic mass is 10.1. The second kappa shape index (κ2) is 8.54. The number of para-hydroxylation sites is 1. The summed E-state index contributed by atoms with van der Waals surface area (Å²) in [6.07, 6.45) is -5.96. The lowest BCUT2D eigenvalue weighted by Gasteiger charge is -2.15. The van der Waals surface area contributed by atoms with Crippen molar-refractivity contribution in [2.45, 2.75) is 25.9 Å². The van der Waals surface area contributed by atoms with Crippen molar-refractivity contribution in [2.75, 3.05) is 6.54 Å². The number of fused-ring (bicyclic) bond motifs is 1. The van der Waals surface area contributed by atoms with Crippen LogP contribution in [0, 0.1) is 6.92 Å². The first-order valence-electron chi connectivity index (χ1n) is 8.91. The van der Waals surface area contributed by atoms with Gasteiger partial charge in [-0.2, -0.15) is 0 Å². The Morgan fingerprint density at radius 1 is 1.20 bits per heavy atom. The largest absolute Gasteiger partial charge is 0.573 e. The van der Waals surface area contributed by atoms with Gasteiger partial charge in [-0.05, 0) is 36.8 Å². The van der Waals surface area contributed by atoms with Gasteiger partial charge in [-0.3, -0.25) is 14.2 Å². The summed E-state index contributed by atoms with van der Waals surface area (Å²) in [5, 5.41) is 13.0. The first-order valence-corrected chi connectivity index (χ1v) is 8.91. The molecule has 0 fully saturated rings. The number of aromatic nitrogens is 2. The Morgan fingerprint density at radius 3 is 2.53 bits per heavy atom. The Labute approximate surface area is 168 Å². The van der Waals surface area contributed by atoms with E-state index in [0.29, 0.717) is 22.3 Å². The Morgan fingerprint density at radius 2 is 1.87 bits per heavy atom. The quantitative estimate of drug-likeness (QED) is 0.638. The van der Waals surface area contributed by atoms with Gasteiger partial charge in [0.15, 0.2) is 0 Å². The van der Waals surface area contributed by atoms with E-state index in [-0.39, 0.29) is 18.6 Å². The van der Waals surface area contributed by atoms with E-state index < -0.39 is 24.1 Å². The average Bonchev–Trinajstić information content (AvgIpc) is 2.68. The van der Waals surface area contributed by atoms with Crippen molar-refractivity contribution in [3.8, 4) is 5.75 Å². The minimum absolute atomic E-state index is 0.187. The summed E-state index contributed by atoms with van der Waals surface area (Å²) in [7, 11) is 0. The standard InChI is InChI=1S/C20H18F3N3O4/c1-12-25-16-5-3-2-4-15(16)19(29)26(12)11-18(28)24-10-17(27)13-6-8-14(9-7-13)30-20(21,22)23/h2-9,17,27H,10-11H2,1H3,(H,24,28). The molecule has 2 aromatic carbocycles. The number of carbonyl (C=O) groups excluding carboxylic acids is 1. The molecular weight excluding hydrogens is 403 g/mol. The highest BCUT2D eigenvalue weighted by Crippen LogP contribution is 2.24. The molecule has 1 aromatic heterocycles. The smallest absolute Gasteiger partial charge is 0.406 e. The first-order chi connectivity index (χ1) is 14.1. The molecule has 3 aromatic rings. The highest BCUT2D eigenvalue weighted by atomic mass is 19.4. The van der Waals surface area contributed by atoms with Gasteiger partial charge in [0.2, 0.25) is 5.91 Å². The molecule has 0 aliphatic rings. The fourth-order valence-corrected chi connectivity index (χ4v) is 2.88. The molecule has 7 nitrogen and oxygen atoms in total. The van der Waals surface area contributed by atoms with Gasteiger partial charge in [-0.25, -0.2) is 4.98 Å². The first kappa shape index (κ1) is 21.3. The number of carbonyl (C=O) groups is 1. The highest BCUT2D eigenvalue weighted by molar-refractivity contribution is 5.79. The van der Waals surface area contributed by atoms with Crippen LogP contribution in [0.15, 0.2) is 53.3 Å². The topological polar surface area (TPSA) is 93.5 Å². The molecule has 1 atom stereocenters. The number of ether oxygens (including phenoxy) is 1. The normalized spacial score (nSPS) is 12.6. The van der Waals surface area contributed by atoms with Crippen LogP contribution in [-0.4, -0.2) is 33.5 Å². The van der Waals surface area contributed by atoms with E-state index in [0.717, 1.165) is 12.1 Å². The Hall–Kier alpha value is -3.40. The van der Waals surface area contributed by atoms with Crippen molar-refractivity contribution in [3.63, 3.8) is 0 Å². The van der Waals surface area contributed by atoms with Gasteiger partial charge >= 0.3 is 6.36 Å². The minimum atomic E-state index is -4.80. The van der Waals surface area contributed by atoms with E-state index in [2.05, 4.69) is 15.0 Å². The van der Waals surface area contributed by atoms with Gasteiger partial charge in [0.1, 0.15) is 18.1 Å². The minimum Gasteiger partial charge on any atom is -0.406 e. The molecule has 0 aliphatic heterocycles. The Kier molecular flexibility index (Phi) is 6.06. The van der Waals surface area contributed by atoms with E-state index in [4.69, 9.17) is 0 Å². The van der Waals surface area contributed by atoms with Crippen LogP contribution in [0.1, 0.15) is 17.5 Å². The number of halogens is 3. The van der Waals surface area contributed by atoms with Crippen molar-refractivity contribution in [3.05, 3.63) is 70.3 Å². The maximum atomic E-state index is 12.6. The maximum Gasteiger partial charge on any atom is 0.573 e. The number of aryl methyl sites for hydroxylation is 1. The molecule has 0 radical (unpaired) electrons. The molecule has 158 valence electrons. The van der Waals surface area contributed by atoms with Gasteiger partial charge in [-0.15, -0.1) is 13.2 Å². The number of nitrogens with one attached hydrogen (secondary N) is 1. The molecule has 1 unspecified atom stereocenters. The Balaban J connectivity index is 1.62. The summed E-state index contributed by atoms with van der Waals surface area (Å²) in [5.74, 6) is -0.566. The predicted octanol–water partition coefficient (Wildman–Crippen LogP) is 2.45. The van der Waals surface area contributed by atoms with Crippen molar-refractivity contribution >= 4 is 16.8 Å². The van der Waals surface area contributed by atoms with Crippen LogP contribution in [0.4, 0.5) is 13.2 Å². The summed E-state index contributed by atoms with van der Waals surface area (Å²) >= 11 is 0. The average molecular weight is 421 g/mol. The molecule has 1 amide bonds. The van der Waals surface area contributed by atoms with Crippen LogP contribution >= 0.6 is 0 Å². The van der Waals surface area contributed by atoms with E-state index in [1.165, 1.54) is 16.7 Å². The van der Waals surface area contributed by atoms with Gasteiger partial charge < -0.3 is 15.2 Å². The van der Waals surface area contributed by atoms with E-state index in [1.807, 2.05) is 0 Å². The third-order valence-corrected chi connectivity index (χ3v) is 4.35. The van der Waals surface area contributed by atoms with Gasteiger partial charge in [0.25, 0.3) is 5.56 Å². The zero-order valence-corrected chi connectivity index (χ0v) is 15.8. The van der Waals surface area contributed by atoms with Crippen LogP contribution in [0.5, 0.6) is 5.75 Å². The second-order valence-corrected chi connectivity index (χ2v) is 6.50. The van der Waals surface area contributed by atoms with Crippen molar-refractivity contribution in [1.29, 1.82) is 0 Å². The number of hydrogen-bond donors (Lipinski definition) is 2. The number of amides is 1. The molecule has 10 heteroatoms. The fraction of sp³-hybridized carbons (Fsp3) is 0.250. The molecule has 0 spiro atoms. The summed E-state index contributed by atoms with van der Waals surface area (Å²) in [5.41, 5.74) is 0.477. The number of nitrogens with zero attached hydrogens (tertiary/aromatic N) is 2. The van der Waals surface area contributed by atoms with Gasteiger partial charge in [0, 0.05) is 6.54 Å². The third-order valence-electron chi connectivity index (χ3n) is 4.35. The number of benzene rings is 2. The zero-order chi connectivity index (χ0) is 21.9. The number of aliphatic hydroxyl groups excluding tert-OH is 1. The zero-order valence-electron chi connectivity index (χ0n) is 15.8. The molecule has 0 saturated carbocycles. The SMILES string of the molecule is Cc1nc2ccccc2c(=O)n1CC(=O)NCC(O)c1ccc(OC(F)(F)F)cc1. The lowest BCUT2D eigenvalue weighted by Crippen LogP contribution is -2.35. The number of aliphatic hydroxyl groups is 1. The van der Waals surface area contributed by atoms with Crippen LogP contribution in [0.2, 0.25) is 0 Å². The molecule has 2 N–H and O–H groups in total. The molecular formula is C20H18F3N3O4. The van der Waals surface area contributed by atoms with Crippen LogP contribution in [0.25, 0.3) is 10.9 Å². The van der Waals surface area contributed by atoms with Gasteiger partial charge in [0.05, 0.1) is 17.0 Å². The summed E-state index contributed by atoms with van der Waals surface area (Å²) in [6.45, 7) is 1.14. The number of hydrogen-bond acceptors (Lipinski definition) is 5. The van der Waals surface area contributed by atoms with Crippen molar-refractivity contribution in [2.24, 2.45) is 0 Å². The van der Waals surface area contributed by atoms with E-state index >= 15 is 0 Å². The van der Waals surface area contributed by atoms with E-state index in [1.54, 1.807) is 31.2 Å². The third kappa shape index (κ3) is 5.15. The summed E-state index contributed by atoms with van der Waals surface area (Å²) in [6, 6.07) is 11.4. The van der Waals surface area contributed by atoms with Gasteiger partial charge in [-0.1, -0.05) is 24.3 Å².